The number of carbonyl (C=O) groups is 1. The van der Waals surface area contributed by atoms with Crippen molar-refractivity contribution >= 4 is 21.8 Å². The molecule has 0 atom stereocenters. The standard InChI is InChI=1S/C17H16BrN5O2/c1-22-15(14-4-2-3-9-19-14)21-23(17(22)25)11-10-20-16(24)12-5-7-13(18)8-6-12/h2-9H,10-11H2,1H3,(H,20,24). The van der Waals surface area contributed by atoms with Gasteiger partial charge < -0.3 is 5.32 Å². The van der Waals surface area contributed by atoms with Crippen LogP contribution in [0.1, 0.15) is 10.4 Å². The molecule has 0 spiro atoms. The van der Waals surface area contributed by atoms with E-state index in [4.69, 9.17) is 0 Å². The van der Waals surface area contributed by atoms with Gasteiger partial charge in [0.25, 0.3) is 5.91 Å². The monoisotopic (exact) mass is 401 g/mol. The van der Waals surface area contributed by atoms with E-state index in [1.165, 1.54) is 9.25 Å². The zero-order chi connectivity index (χ0) is 17.8. The number of nitrogens with zero attached hydrogens (tertiary/aromatic N) is 4. The first-order valence-electron chi connectivity index (χ1n) is 7.65. The molecule has 0 bridgehead atoms. The van der Waals surface area contributed by atoms with Gasteiger partial charge in [0.15, 0.2) is 5.82 Å². The van der Waals surface area contributed by atoms with Crippen molar-refractivity contribution in [2.45, 2.75) is 6.54 Å². The van der Waals surface area contributed by atoms with E-state index < -0.39 is 0 Å². The first kappa shape index (κ1) is 17.1. The topological polar surface area (TPSA) is 81.8 Å². The Labute approximate surface area is 152 Å². The second-order valence-electron chi connectivity index (χ2n) is 5.37. The van der Waals surface area contributed by atoms with Crippen LogP contribution in [0.4, 0.5) is 0 Å². The molecule has 1 aromatic carbocycles. The van der Waals surface area contributed by atoms with Crippen molar-refractivity contribution < 1.29 is 4.79 Å². The number of hydrogen-bond donors (Lipinski definition) is 1. The number of pyridine rings is 1. The Morgan fingerprint density at radius 2 is 1.96 bits per heavy atom. The summed E-state index contributed by atoms with van der Waals surface area (Å²) in [6.45, 7) is 0.579. The fraction of sp³-hybridized carbons (Fsp3) is 0.176. The highest BCUT2D eigenvalue weighted by Crippen LogP contribution is 2.11. The lowest BCUT2D eigenvalue weighted by molar-refractivity contribution is 0.0952. The fourth-order valence-electron chi connectivity index (χ4n) is 2.33. The summed E-state index contributed by atoms with van der Waals surface area (Å²) in [5, 5.41) is 7.09. The van der Waals surface area contributed by atoms with Gasteiger partial charge in [0, 0.05) is 29.8 Å². The van der Waals surface area contributed by atoms with Crippen LogP contribution in [0.3, 0.4) is 0 Å². The van der Waals surface area contributed by atoms with Crippen LogP contribution in [0.25, 0.3) is 11.5 Å². The molecule has 0 radical (unpaired) electrons. The van der Waals surface area contributed by atoms with Gasteiger partial charge in [-0.2, -0.15) is 0 Å². The van der Waals surface area contributed by atoms with Crippen LogP contribution >= 0.6 is 15.9 Å². The van der Waals surface area contributed by atoms with Crippen molar-refractivity contribution in [1.82, 2.24) is 24.6 Å². The molecule has 0 unspecified atom stereocenters. The molecule has 1 N–H and O–H groups in total. The van der Waals surface area contributed by atoms with Crippen LogP contribution in [0.2, 0.25) is 0 Å². The number of benzene rings is 1. The van der Waals surface area contributed by atoms with Gasteiger partial charge in [-0.05, 0) is 36.4 Å². The van der Waals surface area contributed by atoms with Gasteiger partial charge in [0.2, 0.25) is 0 Å². The summed E-state index contributed by atoms with van der Waals surface area (Å²) in [6, 6.07) is 12.5. The summed E-state index contributed by atoms with van der Waals surface area (Å²) in [5.74, 6) is 0.297. The van der Waals surface area contributed by atoms with E-state index in [2.05, 4.69) is 31.3 Å². The minimum absolute atomic E-state index is 0.193. The number of aromatic nitrogens is 4. The minimum Gasteiger partial charge on any atom is -0.350 e. The Hall–Kier alpha value is -2.74. The average Bonchev–Trinajstić information content (AvgIpc) is 2.91. The van der Waals surface area contributed by atoms with E-state index in [-0.39, 0.29) is 18.1 Å². The Morgan fingerprint density at radius 3 is 2.64 bits per heavy atom. The van der Waals surface area contributed by atoms with Crippen molar-refractivity contribution in [2.75, 3.05) is 6.54 Å². The smallest absolute Gasteiger partial charge is 0.346 e. The Kier molecular flexibility index (Phi) is 5.08. The number of amides is 1. The zero-order valence-corrected chi connectivity index (χ0v) is 15.1. The summed E-state index contributed by atoms with van der Waals surface area (Å²) in [7, 11) is 1.65. The molecule has 2 aromatic heterocycles. The molecule has 2 heterocycles. The van der Waals surface area contributed by atoms with Crippen molar-refractivity contribution in [3.63, 3.8) is 0 Å². The van der Waals surface area contributed by atoms with Gasteiger partial charge in [-0.3, -0.25) is 14.3 Å². The molecule has 0 fully saturated rings. The van der Waals surface area contributed by atoms with E-state index in [0.29, 0.717) is 23.6 Å². The van der Waals surface area contributed by atoms with Gasteiger partial charge in [-0.1, -0.05) is 22.0 Å². The van der Waals surface area contributed by atoms with E-state index in [0.717, 1.165) is 4.47 Å². The number of halogens is 1. The Balaban J connectivity index is 1.67. The predicted octanol–water partition coefficient (Wildman–Crippen LogP) is 1.84. The van der Waals surface area contributed by atoms with Gasteiger partial charge in [0.05, 0.1) is 6.54 Å². The number of carbonyl (C=O) groups excluding carboxylic acids is 1. The Morgan fingerprint density at radius 1 is 1.20 bits per heavy atom. The number of nitrogens with one attached hydrogen (secondary N) is 1. The molecule has 1 amide bonds. The van der Waals surface area contributed by atoms with E-state index in [1.807, 2.05) is 6.07 Å². The van der Waals surface area contributed by atoms with Crippen LogP contribution in [0, 0.1) is 0 Å². The lowest BCUT2D eigenvalue weighted by Gasteiger charge is -2.05. The van der Waals surface area contributed by atoms with E-state index in [9.17, 15) is 9.59 Å². The molecule has 0 aliphatic carbocycles. The normalized spacial score (nSPS) is 10.6. The molecule has 3 rings (SSSR count). The molecule has 128 valence electrons. The van der Waals surface area contributed by atoms with Gasteiger partial charge >= 0.3 is 5.69 Å². The zero-order valence-electron chi connectivity index (χ0n) is 13.5. The Bertz CT molecular complexity index is 932. The third-order valence-corrected chi connectivity index (χ3v) is 4.18. The number of rotatable bonds is 5. The van der Waals surface area contributed by atoms with Crippen LogP contribution in [-0.4, -0.2) is 31.8 Å². The van der Waals surface area contributed by atoms with Crippen LogP contribution < -0.4 is 11.0 Å². The van der Waals surface area contributed by atoms with Gasteiger partial charge in [-0.15, -0.1) is 5.10 Å². The lowest BCUT2D eigenvalue weighted by atomic mass is 10.2. The maximum absolute atomic E-state index is 12.3. The summed E-state index contributed by atoms with van der Waals surface area (Å²) in [5.41, 5.74) is 0.934. The molecule has 3 aromatic rings. The predicted molar refractivity (Wildman–Crippen MR) is 97.2 cm³/mol. The first-order valence-corrected chi connectivity index (χ1v) is 8.44. The van der Waals surface area contributed by atoms with Crippen LogP contribution in [0.15, 0.2) is 57.9 Å². The fourth-order valence-corrected chi connectivity index (χ4v) is 2.59. The van der Waals surface area contributed by atoms with Crippen molar-refractivity contribution in [3.8, 4) is 11.5 Å². The van der Waals surface area contributed by atoms with Crippen LogP contribution in [-0.2, 0) is 13.6 Å². The molecule has 7 nitrogen and oxygen atoms in total. The van der Waals surface area contributed by atoms with Crippen LogP contribution in [0.5, 0.6) is 0 Å². The SMILES string of the molecule is Cn1c(-c2ccccn2)nn(CCNC(=O)c2ccc(Br)cc2)c1=O. The third-order valence-electron chi connectivity index (χ3n) is 3.65. The average molecular weight is 402 g/mol. The highest BCUT2D eigenvalue weighted by molar-refractivity contribution is 9.10. The molecule has 8 heteroatoms. The summed E-state index contributed by atoms with van der Waals surface area (Å²) >= 11 is 3.33. The van der Waals surface area contributed by atoms with E-state index in [1.54, 1.807) is 49.6 Å². The highest BCUT2D eigenvalue weighted by Gasteiger charge is 2.13. The second-order valence-corrected chi connectivity index (χ2v) is 6.28. The second kappa shape index (κ2) is 7.43. The maximum Gasteiger partial charge on any atom is 0.346 e. The molecule has 0 aliphatic heterocycles. The van der Waals surface area contributed by atoms with E-state index >= 15 is 0 Å². The summed E-state index contributed by atoms with van der Waals surface area (Å²) in [6.07, 6.45) is 1.65. The quantitative estimate of drug-likeness (QED) is 0.706. The number of hydrogen-bond acceptors (Lipinski definition) is 4. The van der Waals surface area contributed by atoms with Gasteiger partial charge in [0.1, 0.15) is 5.69 Å². The molecule has 0 saturated carbocycles. The summed E-state index contributed by atoms with van der Waals surface area (Å²) < 4.78 is 3.68. The molecule has 25 heavy (non-hydrogen) atoms. The third kappa shape index (κ3) is 3.85. The lowest BCUT2D eigenvalue weighted by Crippen LogP contribution is -2.31. The van der Waals surface area contributed by atoms with Crippen molar-refractivity contribution in [1.29, 1.82) is 0 Å². The van der Waals surface area contributed by atoms with Crippen molar-refractivity contribution in [3.05, 3.63) is 69.2 Å². The highest BCUT2D eigenvalue weighted by atomic mass is 79.9. The molecular formula is C17H16BrN5O2. The van der Waals surface area contributed by atoms with Crippen molar-refractivity contribution in [2.24, 2.45) is 7.05 Å². The van der Waals surface area contributed by atoms with Gasteiger partial charge in [-0.25, -0.2) is 9.48 Å². The summed E-state index contributed by atoms with van der Waals surface area (Å²) in [4.78, 5) is 28.5. The maximum atomic E-state index is 12.3. The molecule has 0 saturated heterocycles. The largest absolute Gasteiger partial charge is 0.350 e. The molecule has 0 aliphatic rings. The first-order chi connectivity index (χ1) is 12.1. The minimum atomic E-state index is -0.251. The molecular weight excluding hydrogens is 386 g/mol.